The van der Waals surface area contributed by atoms with Crippen molar-refractivity contribution < 1.29 is 4.42 Å². The van der Waals surface area contributed by atoms with Crippen LogP contribution in [0, 0.1) is 0 Å². The van der Waals surface area contributed by atoms with E-state index in [0.29, 0.717) is 0 Å². The van der Waals surface area contributed by atoms with Crippen molar-refractivity contribution in [2.45, 2.75) is 0 Å². The minimum Gasteiger partial charge on any atom is -0.455 e. The van der Waals surface area contributed by atoms with Gasteiger partial charge in [-0.3, -0.25) is 0 Å². The molecule has 3 aromatic heterocycles. The van der Waals surface area contributed by atoms with Crippen molar-refractivity contribution >= 4 is 103 Å². The Morgan fingerprint density at radius 2 is 1.06 bits per heavy atom. The Bertz CT molecular complexity index is 3830. The molecular formula is C58H36N2OS. The molecule has 0 unspecified atom stereocenters. The Labute approximate surface area is 361 Å². The Kier molecular flexibility index (Phi) is 7.78. The highest BCUT2D eigenvalue weighted by atomic mass is 32.1. The van der Waals surface area contributed by atoms with Gasteiger partial charge in [0, 0.05) is 69.7 Å². The molecule has 62 heavy (non-hydrogen) atoms. The van der Waals surface area contributed by atoms with E-state index in [4.69, 9.17) is 4.42 Å². The van der Waals surface area contributed by atoms with Crippen LogP contribution in [0.3, 0.4) is 0 Å². The Hall–Kier alpha value is -7.92. The van der Waals surface area contributed by atoms with Gasteiger partial charge in [0.15, 0.2) is 0 Å². The molecule has 0 aliphatic heterocycles. The second-order valence-electron chi connectivity index (χ2n) is 16.0. The van der Waals surface area contributed by atoms with Crippen LogP contribution in [0.4, 0.5) is 17.1 Å². The van der Waals surface area contributed by atoms with Gasteiger partial charge in [-0.25, -0.2) is 0 Å². The minimum atomic E-state index is 0.878. The number of hydrogen-bond acceptors (Lipinski definition) is 3. The summed E-state index contributed by atoms with van der Waals surface area (Å²) < 4.78 is 11.7. The number of nitrogens with zero attached hydrogens (tertiary/aromatic N) is 2. The second kappa shape index (κ2) is 13.8. The molecule has 0 spiro atoms. The van der Waals surface area contributed by atoms with Crippen molar-refractivity contribution in [1.29, 1.82) is 0 Å². The number of rotatable bonds is 6. The van der Waals surface area contributed by atoms with E-state index in [1.165, 1.54) is 58.5 Å². The van der Waals surface area contributed by atoms with Gasteiger partial charge in [-0.15, -0.1) is 11.3 Å². The van der Waals surface area contributed by atoms with Crippen LogP contribution in [0.1, 0.15) is 0 Å². The summed E-state index contributed by atoms with van der Waals surface area (Å²) in [4.78, 5) is 2.42. The molecule has 13 rings (SSSR count). The standard InChI is InChI=1S/C58H36N2OS/c1-2-16-43-38(13-1)29-33-49-57-48(21-12-25-54(57)61-58(43)49)46-19-5-7-22-51(46)59(40-31-27-37(28-32-40)39-30-34-56-50(35-39)47-20-6-10-26-55(47)62-56)41-14-11-15-42(36-41)60-52-23-8-3-17-44(52)45-18-4-9-24-53(45)60/h1-36H. The number of benzene rings is 10. The SMILES string of the molecule is c1cc(N(c2ccc(-c3ccc4sc5ccccc5c4c3)cc2)c2ccccc2-c2cccc3oc4c5ccccc5ccc4c23)cc(-n2c3ccccc3c3ccccc32)c1. The first-order valence-electron chi connectivity index (χ1n) is 21.1. The largest absolute Gasteiger partial charge is 0.455 e. The molecule has 0 saturated carbocycles. The Balaban J connectivity index is 1.02. The smallest absolute Gasteiger partial charge is 0.143 e. The number of fused-ring (bicyclic) bond motifs is 11. The van der Waals surface area contributed by atoms with Crippen molar-refractivity contribution in [1.82, 2.24) is 4.57 Å². The van der Waals surface area contributed by atoms with Crippen LogP contribution in [-0.2, 0) is 0 Å². The highest BCUT2D eigenvalue weighted by Gasteiger charge is 2.22. The molecule has 3 nitrogen and oxygen atoms in total. The van der Waals surface area contributed by atoms with Gasteiger partial charge in [0.25, 0.3) is 0 Å². The van der Waals surface area contributed by atoms with Gasteiger partial charge in [0.05, 0.1) is 16.7 Å². The maximum Gasteiger partial charge on any atom is 0.143 e. The van der Waals surface area contributed by atoms with Gasteiger partial charge in [-0.05, 0) is 101 Å². The fourth-order valence-corrected chi connectivity index (χ4v) is 10.9. The van der Waals surface area contributed by atoms with Crippen LogP contribution < -0.4 is 4.90 Å². The quantitative estimate of drug-likeness (QED) is 0.167. The zero-order chi connectivity index (χ0) is 40.7. The molecule has 0 bridgehead atoms. The number of para-hydroxylation sites is 3. The van der Waals surface area contributed by atoms with Gasteiger partial charge in [-0.2, -0.15) is 0 Å². The Morgan fingerprint density at radius 3 is 1.90 bits per heavy atom. The number of aromatic nitrogens is 1. The molecular weight excluding hydrogens is 773 g/mol. The average molecular weight is 809 g/mol. The van der Waals surface area contributed by atoms with E-state index < -0.39 is 0 Å². The lowest BCUT2D eigenvalue weighted by Crippen LogP contribution is -2.12. The molecule has 4 heteroatoms. The van der Waals surface area contributed by atoms with E-state index in [1.54, 1.807) is 0 Å². The minimum absolute atomic E-state index is 0.878. The molecule has 0 N–H and O–H groups in total. The zero-order valence-electron chi connectivity index (χ0n) is 33.5. The monoisotopic (exact) mass is 808 g/mol. The lowest BCUT2D eigenvalue weighted by atomic mass is 9.96. The third-order valence-electron chi connectivity index (χ3n) is 12.6. The van der Waals surface area contributed by atoms with Gasteiger partial charge in [0.1, 0.15) is 11.2 Å². The number of hydrogen-bond donors (Lipinski definition) is 0. The van der Waals surface area contributed by atoms with Gasteiger partial charge in [-0.1, -0.05) is 140 Å². The lowest BCUT2D eigenvalue weighted by molar-refractivity contribution is 0.673. The predicted octanol–water partition coefficient (Wildman–Crippen LogP) is 17.0. The van der Waals surface area contributed by atoms with Crippen LogP contribution >= 0.6 is 11.3 Å². The van der Waals surface area contributed by atoms with E-state index in [2.05, 4.69) is 228 Å². The van der Waals surface area contributed by atoms with E-state index in [1.807, 2.05) is 11.3 Å². The van der Waals surface area contributed by atoms with Gasteiger partial charge in [0.2, 0.25) is 0 Å². The van der Waals surface area contributed by atoms with Crippen LogP contribution in [0.5, 0.6) is 0 Å². The van der Waals surface area contributed by atoms with Crippen LogP contribution in [0.15, 0.2) is 223 Å². The van der Waals surface area contributed by atoms with Gasteiger partial charge >= 0.3 is 0 Å². The summed E-state index contributed by atoms with van der Waals surface area (Å²) in [5, 5.41) is 9.62. The maximum absolute atomic E-state index is 6.71. The maximum atomic E-state index is 6.71. The van der Waals surface area contributed by atoms with E-state index in [9.17, 15) is 0 Å². The average Bonchev–Trinajstić information content (AvgIpc) is 4.02. The van der Waals surface area contributed by atoms with Crippen molar-refractivity contribution in [3.63, 3.8) is 0 Å². The van der Waals surface area contributed by atoms with Gasteiger partial charge < -0.3 is 13.9 Å². The topological polar surface area (TPSA) is 21.3 Å². The zero-order valence-corrected chi connectivity index (χ0v) is 34.3. The third kappa shape index (κ3) is 5.37. The number of thiophene rings is 1. The highest BCUT2D eigenvalue weighted by Crippen LogP contribution is 2.47. The molecule has 3 heterocycles. The summed E-state index contributed by atoms with van der Waals surface area (Å²) in [5.41, 5.74) is 13.1. The number of furan rings is 1. The summed E-state index contributed by atoms with van der Waals surface area (Å²) in [6.45, 7) is 0. The van der Waals surface area contributed by atoms with Crippen molar-refractivity contribution in [2.24, 2.45) is 0 Å². The third-order valence-corrected chi connectivity index (χ3v) is 13.7. The number of anilines is 3. The summed E-state index contributed by atoms with van der Waals surface area (Å²) in [5.74, 6) is 0. The summed E-state index contributed by atoms with van der Waals surface area (Å²) in [7, 11) is 0. The predicted molar refractivity (Wildman–Crippen MR) is 264 cm³/mol. The normalized spacial score (nSPS) is 11.9. The van der Waals surface area contributed by atoms with Crippen molar-refractivity contribution in [3.05, 3.63) is 218 Å². The molecule has 0 aliphatic carbocycles. The molecule has 0 amide bonds. The fraction of sp³-hybridized carbons (Fsp3) is 0. The van der Waals surface area contributed by atoms with E-state index in [0.717, 1.165) is 61.2 Å². The molecule has 0 atom stereocenters. The van der Waals surface area contributed by atoms with E-state index >= 15 is 0 Å². The molecule has 0 aliphatic rings. The Morgan fingerprint density at radius 1 is 0.403 bits per heavy atom. The first kappa shape index (κ1) is 34.9. The molecule has 290 valence electrons. The van der Waals surface area contributed by atoms with Crippen molar-refractivity contribution in [3.8, 4) is 27.9 Å². The molecule has 10 aromatic carbocycles. The molecule has 0 fully saturated rings. The summed E-state index contributed by atoms with van der Waals surface area (Å²) in [6, 6.07) is 79.3. The van der Waals surface area contributed by atoms with E-state index in [-0.39, 0.29) is 0 Å². The highest BCUT2D eigenvalue weighted by molar-refractivity contribution is 7.25. The molecule has 13 aromatic rings. The van der Waals surface area contributed by atoms with Crippen LogP contribution in [0.2, 0.25) is 0 Å². The second-order valence-corrected chi connectivity index (χ2v) is 17.1. The van der Waals surface area contributed by atoms with Crippen LogP contribution in [0.25, 0.3) is 103 Å². The summed E-state index contributed by atoms with van der Waals surface area (Å²) >= 11 is 1.86. The fourth-order valence-electron chi connectivity index (χ4n) is 9.78. The lowest BCUT2D eigenvalue weighted by Gasteiger charge is -2.29. The summed E-state index contributed by atoms with van der Waals surface area (Å²) in [6.07, 6.45) is 0. The molecule has 0 radical (unpaired) electrons. The van der Waals surface area contributed by atoms with Crippen molar-refractivity contribution in [2.75, 3.05) is 4.90 Å². The van der Waals surface area contributed by atoms with Crippen LogP contribution in [-0.4, -0.2) is 4.57 Å². The first-order chi connectivity index (χ1) is 30.7. The first-order valence-corrected chi connectivity index (χ1v) is 21.9. The molecule has 0 saturated heterocycles.